The molecule has 1 amide bonds. The van der Waals surface area contributed by atoms with Crippen LogP contribution in [0.3, 0.4) is 0 Å². The van der Waals surface area contributed by atoms with E-state index in [9.17, 15) is 18.0 Å². The van der Waals surface area contributed by atoms with E-state index in [0.29, 0.717) is 38.3 Å². The minimum atomic E-state index is -4.45. The first-order chi connectivity index (χ1) is 12.8. The molecule has 1 fully saturated rings. The maximum Gasteiger partial charge on any atom is 0.419 e. The van der Waals surface area contributed by atoms with Crippen molar-refractivity contribution in [3.8, 4) is 0 Å². The van der Waals surface area contributed by atoms with Crippen molar-refractivity contribution in [2.24, 2.45) is 5.92 Å². The van der Waals surface area contributed by atoms with E-state index in [0.717, 1.165) is 18.0 Å². The lowest BCUT2D eigenvalue weighted by Crippen LogP contribution is -2.42. The summed E-state index contributed by atoms with van der Waals surface area (Å²) in [5.74, 6) is 0.262. The van der Waals surface area contributed by atoms with Gasteiger partial charge >= 0.3 is 6.18 Å². The molecule has 0 saturated carbocycles. The number of hydrogen-bond donors (Lipinski definition) is 1. The van der Waals surface area contributed by atoms with E-state index in [1.807, 2.05) is 23.1 Å². The molecule has 0 unspecified atom stereocenters. The molecule has 0 bridgehead atoms. The highest BCUT2D eigenvalue weighted by molar-refractivity contribution is 6.32. The number of halogens is 4. The van der Waals surface area contributed by atoms with Gasteiger partial charge in [-0.05, 0) is 31.0 Å². The summed E-state index contributed by atoms with van der Waals surface area (Å²) in [4.78, 5) is 21.0. The monoisotopic (exact) mass is 399 g/mol. The van der Waals surface area contributed by atoms with E-state index in [1.54, 1.807) is 6.20 Å². The van der Waals surface area contributed by atoms with E-state index >= 15 is 0 Å². The summed E-state index contributed by atoms with van der Waals surface area (Å²) in [6.07, 6.45) is -0.674. The Balaban J connectivity index is 1.55. The van der Waals surface area contributed by atoms with Gasteiger partial charge in [0.25, 0.3) is 5.82 Å². The van der Waals surface area contributed by atoms with Crippen LogP contribution in [-0.4, -0.2) is 24.0 Å². The maximum atomic E-state index is 12.7. The molecule has 0 atom stereocenters. The lowest BCUT2D eigenvalue weighted by atomic mass is 9.96. The van der Waals surface area contributed by atoms with Crippen molar-refractivity contribution in [3.05, 3.63) is 52.9 Å². The summed E-state index contributed by atoms with van der Waals surface area (Å²) in [5.41, 5.74) is -0.0329. The summed E-state index contributed by atoms with van der Waals surface area (Å²) in [6.45, 7) is 1.44. The number of anilines is 1. The van der Waals surface area contributed by atoms with Gasteiger partial charge in [-0.2, -0.15) is 13.2 Å². The normalized spacial score (nSPS) is 15.6. The Morgan fingerprint density at radius 3 is 2.67 bits per heavy atom. The fourth-order valence-electron chi connectivity index (χ4n) is 3.06. The molecule has 27 heavy (non-hydrogen) atoms. The SMILES string of the molecule is O=C(NCc1ccccn1)C1CCN(c2[nH+]cc(C(F)(F)F)cc2Cl)CC1. The van der Waals surface area contributed by atoms with Crippen molar-refractivity contribution in [3.63, 3.8) is 0 Å². The first-order valence-electron chi connectivity index (χ1n) is 8.55. The standard InChI is InChI=1S/C18H18ClF3N4O/c19-15-9-13(18(20,21)22)10-24-16(15)26-7-4-12(5-8-26)17(27)25-11-14-3-1-2-6-23-14/h1-3,6,9-10,12H,4-5,7-8,11H2,(H,25,27)/p+1. The highest BCUT2D eigenvalue weighted by Crippen LogP contribution is 2.33. The van der Waals surface area contributed by atoms with Crippen LogP contribution in [0.25, 0.3) is 0 Å². The number of carbonyl (C=O) groups excluding carboxylic acids is 1. The van der Waals surface area contributed by atoms with Gasteiger partial charge < -0.3 is 5.32 Å². The third-order valence-corrected chi connectivity index (χ3v) is 4.84. The Labute approximate surface area is 159 Å². The molecule has 2 aromatic heterocycles. The number of aromatic nitrogens is 2. The summed E-state index contributed by atoms with van der Waals surface area (Å²) >= 11 is 6.03. The summed E-state index contributed by atoms with van der Waals surface area (Å²) < 4.78 is 38.2. The molecule has 0 aromatic carbocycles. The largest absolute Gasteiger partial charge is 0.419 e. The molecule has 3 rings (SSSR count). The average Bonchev–Trinajstić information content (AvgIpc) is 2.66. The van der Waals surface area contributed by atoms with E-state index in [-0.39, 0.29) is 16.8 Å². The Morgan fingerprint density at radius 2 is 2.07 bits per heavy atom. The number of piperidine rings is 1. The van der Waals surface area contributed by atoms with Gasteiger partial charge in [0.2, 0.25) is 5.91 Å². The number of nitrogens with zero attached hydrogens (tertiary/aromatic N) is 2. The number of nitrogens with one attached hydrogen (secondary N) is 2. The van der Waals surface area contributed by atoms with Crippen molar-refractivity contribution in [2.75, 3.05) is 18.0 Å². The Morgan fingerprint density at radius 1 is 1.33 bits per heavy atom. The quantitative estimate of drug-likeness (QED) is 0.859. The van der Waals surface area contributed by atoms with Crippen molar-refractivity contribution in [1.29, 1.82) is 0 Å². The molecule has 5 nitrogen and oxygen atoms in total. The second kappa shape index (κ2) is 8.12. The molecular formula is C18H19ClF3N4O+. The van der Waals surface area contributed by atoms with Gasteiger partial charge in [0.15, 0.2) is 0 Å². The third-order valence-electron chi connectivity index (χ3n) is 4.55. The fourth-order valence-corrected chi connectivity index (χ4v) is 3.35. The summed E-state index contributed by atoms with van der Waals surface area (Å²) in [7, 11) is 0. The zero-order valence-electron chi connectivity index (χ0n) is 14.4. The zero-order valence-corrected chi connectivity index (χ0v) is 15.1. The van der Waals surface area contributed by atoms with Gasteiger partial charge in [-0.25, -0.2) is 4.98 Å². The highest BCUT2D eigenvalue weighted by Gasteiger charge is 2.35. The number of alkyl halides is 3. The van der Waals surface area contributed by atoms with Crippen LogP contribution < -0.4 is 15.2 Å². The molecule has 1 aliphatic rings. The zero-order chi connectivity index (χ0) is 19.4. The van der Waals surface area contributed by atoms with Crippen LogP contribution in [0.1, 0.15) is 24.1 Å². The number of amides is 1. The Hall–Kier alpha value is -2.35. The van der Waals surface area contributed by atoms with Crippen molar-refractivity contribution in [1.82, 2.24) is 10.3 Å². The number of H-pyrrole nitrogens is 1. The van der Waals surface area contributed by atoms with Crippen LogP contribution >= 0.6 is 11.6 Å². The number of carbonyl (C=O) groups is 1. The minimum Gasteiger partial charge on any atom is -0.350 e. The second-order valence-electron chi connectivity index (χ2n) is 6.38. The lowest BCUT2D eigenvalue weighted by Gasteiger charge is -2.27. The summed E-state index contributed by atoms with van der Waals surface area (Å²) in [5, 5.41) is 2.90. The van der Waals surface area contributed by atoms with Crippen LogP contribution in [-0.2, 0) is 17.5 Å². The lowest BCUT2D eigenvalue weighted by molar-refractivity contribution is -0.367. The number of rotatable bonds is 4. The molecule has 2 aromatic rings. The van der Waals surface area contributed by atoms with Crippen LogP contribution in [0.5, 0.6) is 0 Å². The topological polar surface area (TPSA) is 59.4 Å². The Bertz CT molecular complexity index is 793. The molecule has 0 radical (unpaired) electrons. The van der Waals surface area contributed by atoms with Gasteiger partial charge in [0.1, 0.15) is 11.2 Å². The van der Waals surface area contributed by atoms with Crippen molar-refractivity contribution < 1.29 is 22.9 Å². The molecule has 0 spiro atoms. The van der Waals surface area contributed by atoms with Gasteiger partial charge in [-0.1, -0.05) is 17.7 Å². The molecule has 0 aliphatic carbocycles. The first-order valence-corrected chi connectivity index (χ1v) is 8.93. The minimum absolute atomic E-state index is 0.0166. The number of hydrogen-bond acceptors (Lipinski definition) is 3. The maximum absolute atomic E-state index is 12.7. The molecule has 1 aliphatic heterocycles. The first kappa shape index (κ1) is 19.4. The second-order valence-corrected chi connectivity index (χ2v) is 6.79. The summed E-state index contributed by atoms with van der Waals surface area (Å²) in [6, 6.07) is 6.42. The predicted octanol–water partition coefficient (Wildman–Crippen LogP) is 3.10. The predicted molar refractivity (Wildman–Crippen MR) is 94.0 cm³/mol. The Kier molecular flexibility index (Phi) is 5.84. The van der Waals surface area contributed by atoms with Crippen molar-refractivity contribution >= 4 is 23.3 Å². The fraction of sp³-hybridized carbons (Fsp3) is 0.389. The molecule has 2 N–H and O–H groups in total. The van der Waals surface area contributed by atoms with Gasteiger partial charge in [-0.15, -0.1) is 0 Å². The van der Waals surface area contributed by atoms with E-state index in [2.05, 4.69) is 15.3 Å². The van der Waals surface area contributed by atoms with Crippen LogP contribution in [0.15, 0.2) is 36.7 Å². The van der Waals surface area contributed by atoms with Gasteiger partial charge in [0, 0.05) is 12.1 Å². The molecule has 3 heterocycles. The van der Waals surface area contributed by atoms with Gasteiger partial charge in [0.05, 0.1) is 30.9 Å². The molecule has 144 valence electrons. The number of aromatic amines is 1. The van der Waals surface area contributed by atoms with E-state index in [4.69, 9.17) is 11.6 Å². The van der Waals surface area contributed by atoms with E-state index in [1.165, 1.54) is 0 Å². The highest BCUT2D eigenvalue weighted by atomic mass is 35.5. The molecular weight excluding hydrogens is 381 g/mol. The van der Waals surface area contributed by atoms with Crippen LogP contribution in [0, 0.1) is 5.92 Å². The smallest absolute Gasteiger partial charge is 0.350 e. The van der Waals surface area contributed by atoms with Gasteiger partial charge in [-0.3, -0.25) is 14.7 Å². The third kappa shape index (κ3) is 4.88. The van der Waals surface area contributed by atoms with Crippen LogP contribution in [0.4, 0.5) is 19.0 Å². The van der Waals surface area contributed by atoms with E-state index < -0.39 is 11.7 Å². The molecule has 1 saturated heterocycles. The van der Waals surface area contributed by atoms with Crippen molar-refractivity contribution in [2.45, 2.75) is 25.6 Å². The molecule has 9 heteroatoms. The van der Waals surface area contributed by atoms with Crippen LogP contribution in [0.2, 0.25) is 5.02 Å². The average molecular weight is 400 g/mol. The number of pyridine rings is 2.